The second-order valence-corrected chi connectivity index (χ2v) is 17.5. The number of unbranched alkanes of at least 4 members (excludes halogenated alkanes) is 37. The molecule has 0 saturated carbocycles. The standard InChI is InChI=1S/C51H100O5/c1-4-7-10-13-16-19-22-24-26-27-30-32-35-38-41-44-50(52)55-48-49(56-51(53)45-42-39-36-33-29-21-18-15-12-9-6-3)47-54-46-43-40-37-34-31-28-25-23-20-17-14-11-8-5-2/h49H,4-48H2,1-3H3. The van der Waals surface area contributed by atoms with E-state index in [2.05, 4.69) is 20.8 Å². The summed E-state index contributed by atoms with van der Waals surface area (Å²) < 4.78 is 17.4. The number of hydrogen-bond donors (Lipinski definition) is 0. The SMILES string of the molecule is CCCCCCCCCCCCCCCCCC(=O)OCC(COCCCCCCCCCCCCCCCC)OC(=O)CCCCCCCCCCCCC. The topological polar surface area (TPSA) is 61.8 Å². The van der Waals surface area contributed by atoms with E-state index in [0.717, 1.165) is 32.1 Å². The average molecular weight is 793 g/mol. The first-order valence-electron chi connectivity index (χ1n) is 25.6. The van der Waals surface area contributed by atoms with Crippen molar-refractivity contribution in [1.82, 2.24) is 0 Å². The second-order valence-electron chi connectivity index (χ2n) is 17.5. The van der Waals surface area contributed by atoms with Crippen LogP contribution >= 0.6 is 0 Å². The molecule has 334 valence electrons. The van der Waals surface area contributed by atoms with Gasteiger partial charge in [-0.15, -0.1) is 0 Å². The minimum atomic E-state index is -0.521. The van der Waals surface area contributed by atoms with Gasteiger partial charge in [-0.25, -0.2) is 0 Å². The Labute approximate surface area is 351 Å². The number of esters is 2. The van der Waals surface area contributed by atoms with Crippen molar-refractivity contribution < 1.29 is 23.8 Å². The van der Waals surface area contributed by atoms with Gasteiger partial charge in [0.15, 0.2) is 6.10 Å². The summed E-state index contributed by atoms with van der Waals surface area (Å²) in [6.07, 6.45) is 52.4. The van der Waals surface area contributed by atoms with Gasteiger partial charge in [-0.1, -0.05) is 258 Å². The third-order valence-corrected chi connectivity index (χ3v) is 11.6. The zero-order chi connectivity index (χ0) is 40.7. The molecule has 0 saturated heterocycles. The van der Waals surface area contributed by atoms with E-state index in [1.807, 2.05) is 0 Å². The maximum atomic E-state index is 12.7. The molecule has 0 N–H and O–H groups in total. The molecular weight excluding hydrogens is 693 g/mol. The predicted octanol–water partition coefficient (Wildman–Crippen LogP) is 16.9. The number of ether oxygens (including phenoxy) is 3. The van der Waals surface area contributed by atoms with Crippen LogP contribution in [-0.4, -0.2) is 37.9 Å². The molecule has 0 aliphatic rings. The van der Waals surface area contributed by atoms with Crippen LogP contribution in [0.15, 0.2) is 0 Å². The molecule has 56 heavy (non-hydrogen) atoms. The molecule has 5 heteroatoms. The van der Waals surface area contributed by atoms with Gasteiger partial charge in [0, 0.05) is 19.4 Å². The summed E-state index contributed by atoms with van der Waals surface area (Å²) in [5.41, 5.74) is 0. The molecule has 0 fully saturated rings. The number of rotatable bonds is 48. The van der Waals surface area contributed by atoms with E-state index in [1.54, 1.807) is 0 Å². The normalized spacial score (nSPS) is 12.0. The molecule has 0 amide bonds. The fraction of sp³-hybridized carbons (Fsp3) is 0.961. The van der Waals surface area contributed by atoms with Crippen molar-refractivity contribution in [3.05, 3.63) is 0 Å². The lowest BCUT2D eigenvalue weighted by atomic mass is 10.0. The van der Waals surface area contributed by atoms with Crippen molar-refractivity contribution in [2.45, 2.75) is 297 Å². The smallest absolute Gasteiger partial charge is 0.306 e. The summed E-state index contributed by atoms with van der Waals surface area (Å²) in [4.78, 5) is 25.3. The monoisotopic (exact) mass is 793 g/mol. The molecule has 0 aromatic heterocycles. The molecule has 0 rings (SSSR count). The summed E-state index contributed by atoms with van der Waals surface area (Å²) in [7, 11) is 0. The third-order valence-electron chi connectivity index (χ3n) is 11.6. The van der Waals surface area contributed by atoms with E-state index in [4.69, 9.17) is 14.2 Å². The third kappa shape index (κ3) is 45.6. The summed E-state index contributed by atoms with van der Waals surface area (Å²) in [5.74, 6) is -0.373. The molecule has 1 unspecified atom stereocenters. The summed E-state index contributed by atoms with van der Waals surface area (Å²) >= 11 is 0. The van der Waals surface area contributed by atoms with Gasteiger partial charge in [-0.2, -0.15) is 0 Å². The Kier molecular flexibility index (Phi) is 47.3. The molecule has 0 radical (unpaired) electrons. The van der Waals surface area contributed by atoms with Crippen LogP contribution in [0.25, 0.3) is 0 Å². The van der Waals surface area contributed by atoms with Gasteiger partial charge < -0.3 is 14.2 Å². The van der Waals surface area contributed by atoms with Gasteiger partial charge in [-0.3, -0.25) is 9.59 Å². The van der Waals surface area contributed by atoms with Gasteiger partial charge in [0.1, 0.15) is 6.61 Å². The lowest BCUT2D eigenvalue weighted by Gasteiger charge is -2.18. The van der Waals surface area contributed by atoms with E-state index in [1.165, 1.54) is 225 Å². The Hall–Kier alpha value is -1.10. The Bertz CT molecular complexity index is 769. The van der Waals surface area contributed by atoms with Crippen LogP contribution in [0.1, 0.15) is 290 Å². The lowest BCUT2D eigenvalue weighted by molar-refractivity contribution is -0.163. The highest BCUT2D eigenvalue weighted by atomic mass is 16.6. The van der Waals surface area contributed by atoms with Gasteiger partial charge in [-0.05, 0) is 19.3 Å². The van der Waals surface area contributed by atoms with E-state index in [0.29, 0.717) is 26.1 Å². The molecule has 1 atom stereocenters. The molecule has 0 bridgehead atoms. The van der Waals surface area contributed by atoms with Crippen molar-refractivity contribution in [3.63, 3.8) is 0 Å². The Morgan fingerprint density at radius 2 is 0.589 bits per heavy atom. The Balaban J connectivity index is 4.16. The fourth-order valence-electron chi connectivity index (χ4n) is 7.81. The van der Waals surface area contributed by atoms with Crippen molar-refractivity contribution in [1.29, 1.82) is 0 Å². The molecule has 0 aliphatic heterocycles. The molecule has 0 spiro atoms. The quantitative estimate of drug-likeness (QED) is 0.0454. The van der Waals surface area contributed by atoms with Crippen molar-refractivity contribution >= 4 is 11.9 Å². The highest BCUT2D eigenvalue weighted by Crippen LogP contribution is 2.16. The molecule has 0 aliphatic carbocycles. The van der Waals surface area contributed by atoms with Gasteiger partial charge >= 0.3 is 11.9 Å². The van der Waals surface area contributed by atoms with Crippen LogP contribution in [0.4, 0.5) is 0 Å². The van der Waals surface area contributed by atoms with Crippen LogP contribution in [0.3, 0.4) is 0 Å². The van der Waals surface area contributed by atoms with Crippen molar-refractivity contribution in [2.24, 2.45) is 0 Å². The van der Waals surface area contributed by atoms with E-state index in [9.17, 15) is 9.59 Å². The van der Waals surface area contributed by atoms with E-state index in [-0.39, 0.29) is 18.5 Å². The summed E-state index contributed by atoms with van der Waals surface area (Å²) in [6.45, 7) is 7.90. The molecule has 5 nitrogen and oxygen atoms in total. The first-order chi connectivity index (χ1) is 27.6. The maximum absolute atomic E-state index is 12.7. The summed E-state index contributed by atoms with van der Waals surface area (Å²) in [6, 6.07) is 0. The number of carbonyl (C=O) groups excluding carboxylic acids is 2. The maximum Gasteiger partial charge on any atom is 0.306 e. The number of hydrogen-bond acceptors (Lipinski definition) is 5. The van der Waals surface area contributed by atoms with Gasteiger partial charge in [0.05, 0.1) is 6.61 Å². The zero-order valence-corrected chi connectivity index (χ0v) is 38.4. The van der Waals surface area contributed by atoms with Crippen LogP contribution in [0.2, 0.25) is 0 Å². The lowest BCUT2D eigenvalue weighted by Crippen LogP contribution is -2.30. The molecule has 0 aromatic rings. The molecule has 0 aromatic carbocycles. The van der Waals surface area contributed by atoms with Crippen LogP contribution in [0.5, 0.6) is 0 Å². The summed E-state index contributed by atoms with van der Waals surface area (Å²) in [5, 5.41) is 0. The predicted molar refractivity (Wildman–Crippen MR) is 243 cm³/mol. The minimum absolute atomic E-state index is 0.0975. The first kappa shape index (κ1) is 54.9. The van der Waals surface area contributed by atoms with Gasteiger partial charge in [0.2, 0.25) is 0 Å². The van der Waals surface area contributed by atoms with Crippen molar-refractivity contribution in [2.75, 3.05) is 19.8 Å². The largest absolute Gasteiger partial charge is 0.462 e. The Morgan fingerprint density at radius 3 is 0.911 bits per heavy atom. The van der Waals surface area contributed by atoms with Gasteiger partial charge in [0.25, 0.3) is 0 Å². The highest BCUT2D eigenvalue weighted by molar-refractivity contribution is 5.70. The highest BCUT2D eigenvalue weighted by Gasteiger charge is 2.17. The fourth-order valence-corrected chi connectivity index (χ4v) is 7.81. The Morgan fingerprint density at radius 1 is 0.321 bits per heavy atom. The van der Waals surface area contributed by atoms with Crippen LogP contribution in [-0.2, 0) is 23.8 Å². The van der Waals surface area contributed by atoms with Crippen LogP contribution in [0, 0.1) is 0 Å². The minimum Gasteiger partial charge on any atom is -0.462 e. The molecular formula is C51H100O5. The van der Waals surface area contributed by atoms with E-state index >= 15 is 0 Å². The van der Waals surface area contributed by atoms with Crippen LogP contribution < -0.4 is 0 Å². The second kappa shape index (κ2) is 48.3. The van der Waals surface area contributed by atoms with Crippen molar-refractivity contribution in [3.8, 4) is 0 Å². The first-order valence-corrected chi connectivity index (χ1v) is 25.6. The zero-order valence-electron chi connectivity index (χ0n) is 38.4. The molecule has 0 heterocycles. The number of carbonyl (C=O) groups is 2. The van der Waals surface area contributed by atoms with E-state index < -0.39 is 6.10 Å². The average Bonchev–Trinajstić information content (AvgIpc) is 3.20.